The van der Waals surface area contributed by atoms with Gasteiger partial charge in [-0.25, -0.2) is 14.6 Å². The van der Waals surface area contributed by atoms with Crippen LogP contribution in [0, 0.1) is 0 Å². The standard InChI is InChI=1S/C8H7NO4.Li.H/c10-7(11)5-13-8(12)6-3-1-2-4-9-6;;/h1-4H,5H2,(H,10,11);;. The molecule has 0 aliphatic carbocycles. The first-order valence-electron chi connectivity index (χ1n) is 3.50. The Balaban J connectivity index is 0.00000169. The molecule has 70 valence electrons. The predicted molar refractivity (Wildman–Crippen MR) is 49.3 cm³/mol. The van der Waals surface area contributed by atoms with Crippen LogP contribution in [0.1, 0.15) is 10.5 Å². The third-order valence-electron chi connectivity index (χ3n) is 1.20. The van der Waals surface area contributed by atoms with E-state index in [1.807, 2.05) is 0 Å². The second-order valence-electron chi connectivity index (χ2n) is 2.18. The van der Waals surface area contributed by atoms with Gasteiger partial charge in [0.2, 0.25) is 0 Å². The predicted octanol–water partition coefficient (Wildman–Crippen LogP) is -0.326. The minimum atomic E-state index is -1.19. The molecule has 14 heavy (non-hydrogen) atoms. The molecule has 1 heterocycles. The molecule has 6 heteroatoms. The van der Waals surface area contributed by atoms with Gasteiger partial charge in [0.1, 0.15) is 5.69 Å². The zero-order valence-electron chi connectivity index (χ0n) is 6.64. The number of aromatic nitrogens is 1. The number of hydrogen-bond acceptors (Lipinski definition) is 4. The Morgan fingerprint density at radius 1 is 1.43 bits per heavy atom. The van der Waals surface area contributed by atoms with Crippen molar-refractivity contribution in [2.75, 3.05) is 6.61 Å². The number of carbonyl (C=O) groups excluding carboxylic acids is 1. The Hall–Kier alpha value is -1.31. The van der Waals surface area contributed by atoms with Gasteiger partial charge in [0, 0.05) is 6.20 Å². The summed E-state index contributed by atoms with van der Waals surface area (Å²) in [7, 11) is 0. The molecule has 1 rings (SSSR count). The van der Waals surface area contributed by atoms with E-state index in [9.17, 15) is 9.59 Å². The van der Waals surface area contributed by atoms with Crippen LogP contribution in [0.25, 0.3) is 0 Å². The first kappa shape index (κ1) is 12.7. The van der Waals surface area contributed by atoms with Crippen LogP contribution in [0.4, 0.5) is 0 Å². The average Bonchev–Trinajstić information content (AvgIpc) is 2.15. The molecule has 0 amide bonds. The minimum absolute atomic E-state index is 0. The van der Waals surface area contributed by atoms with E-state index >= 15 is 0 Å². The zero-order valence-corrected chi connectivity index (χ0v) is 6.64. The summed E-state index contributed by atoms with van der Waals surface area (Å²) in [6.07, 6.45) is 1.43. The van der Waals surface area contributed by atoms with Crippen molar-refractivity contribution in [1.29, 1.82) is 0 Å². The normalized spacial score (nSPS) is 8.57. The van der Waals surface area contributed by atoms with Crippen molar-refractivity contribution >= 4 is 30.8 Å². The molecule has 0 spiro atoms. The molecule has 0 bridgehead atoms. The van der Waals surface area contributed by atoms with Gasteiger partial charge in [-0.15, -0.1) is 0 Å². The fraction of sp³-hybridized carbons (Fsp3) is 0.125. The van der Waals surface area contributed by atoms with Gasteiger partial charge in [0.05, 0.1) is 0 Å². The third kappa shape index (κ3) is 4.08. The number of pyridine rings is 1. The number of esters is 1. The van der Waals surface area contributed by atoms with Gasteiger partial charge in [-0.1, -0.05) is 6.07 Å². The number of rotatable bonds is 3. The molecule has 0 saturated carbocycles. The van der Waals surface area contributed by atoms with Gasteiger partial charge in [-0.3, -0.25) is 0 Å². The Kier molecular flexibility index (Phi) is 5.61. The van der Waals surface area contributed by atoms with Crippen LogP contribution in [-0.2, 0) is 9.53 Å². The van der Waals surface area contributed by atoms with Crippen molar-refractivity contribution in [3.63, 3.8) is 0 Å². The molecular formula is C8H8LiNO4. The van der Waals surface area contributed by atoms with E-state index in [1.165, 1.54) is 12.3 Å². The van der Waals surface area contributed by atoms with E-state index in [1.54, 1.807) is 12.1 Å². The van der Waals surface area contributed by atoms with Crippen LogP contribution < -0.4 is 0 Å². The molecule has 0 saturated heterocycles. The summed E-state index contributed by atoms with van der Waals surface area (Å²) in [5, 5.41) is 8.21. The first-order valence-corrected chi connectivity index (χ1v) is 3.50. The monoisotopic (exact) mass is 189 g/mol. The molecule has 0 aromatic carbocycles. The van der Waals surface area contributed by atoms with Gasteiger partial charge < -0.3 is 9.84 Å². The molecule has 1 aromatic heterocycles. The van der Waals surface area contributed by atoms with Crippen molar-refractivity contribution in [1.82, 2.24) is 4.98 Å². The van der Waals surface area contributed by atoms with Gasteiger partial charge in [-0.2, -0.15) is 0 Å². The Labute approximate surface area is 92.3 Å². The van der Waals surface area contributed by atoms with Crippen LogP contribution >= 0.6 is 0 Å². The molecule has 0 unspecified atom stereocenters. The van der Waals surface area contributed by atoms with Crippen LogP contribution in [0.3, 0.4) is 0 Å². The van der Waals surface area contributed by atoms with Gasteiger partial charge in [0.25, 0.3) is 0 Å². The number of aliphatic carboxylic acids is 1. The Morgan fingerprint density at radius 3 is 2.64 bits per heavy atom. The molecule has 0 aliphatic rings. The Bertz CT molecular complexity index is 314. The average molecular weight is 189 g/mol. The summed E-state index contributed by atoms with van der Waals surface area (Å²) in [4.78, 5) is 24.7. The number of carboxylic acids is 1. The summed E-state index contributed by atoms with van der Waals surface area (Å²) in [5.41, 5.74) is 0.101. The molecule has 0 aliphatic heterocycles. The van der Waals surface area contributed by atoms with E-state index in [-0.39, 0.29) is 24.6 Å². The molecule has 0 radical (unpaired) electrons. The fourth-order valence-corrected chi connectivity index (χ4v) is 0.685. The molecular weight excluding hydrogens is 181 g/mol. The van der Waals surface area contributed by atoms with E-state index in [4.69, 9.17) is 5.11 Å². The molecule has 0 atom stereocenters. The van der Waals surface area contributed by atoms with Crippen LogP contribution in [0.2, 0.25) is 0 Å². The van der Waals surface area contributed by atoms with E-state index in [0.717, 1.165) is 0 Å². The quantitative estimate of drug-likeness (QED) is 0.520. The maximum absolute atomic E-state index is 11.0. The van der Waals surface area contributed by atoms with Crippen molar-refractivity contribution < 1.29 is 19.4 Å². The van der Waals surface area contributed by atoms with Crippen molar-refractivity contribution in [3.05, 3.63) is 30.1 Å². The van der Waals surface area contributed by atoms with E-state index < -0.39 is 18.5 Å². The summed E-state index contributed by atoms with van der Waals surface area (Å²) in [6.45, 7) is -0.643. The number of nitrogens with zero attached hydrogens (tertiary/aromatic N) is 1. The maximum atomic E-state index is 11.0. The van der Waals surface area contributed by atoms with Crippen LogP contribution in [0.15, 0.2) is 24.4 Å². The molecule has 5 nitrogen and oxygen atoms in total. The van der Waals surface area contributed by atoms with Crippen molar-refractivity contribution in [2.24, 2.45) is 0 Å². The van der Waals surface area contributed by atoms with Crippen molar-refractivity contribution in [2.45, 2.75) is 0 Å². The second-order valence-corrected chi connectivity index (χ2v) is 2.18. The topological polar surface area (TPSA) is 76.5 Å². The van der Waals surface area contributed by atoms with Crippen LogP contribution in [-0.4, -0.2) is 47.5 Å². The fourth-order valence-electron chi connectivity index (χ4n) is 0.685. The van der Waals surface area contributed by atoms with Gasteiger partial charge in [-0.05, 0) is 12.1 Å². The van der Waals surface area contributed by atoms with Crippen molar-refractivity contribution in [3.8, 4) is 0 Å². The van der Waals surface area contributed by atoms with E-state index in [2.05, 4.69) is 9.72 Å². The third-order valence-corrected chi connectivity index (χ3v) is 1.20. The molecule has 0 fully saturated rings. The van der Waals surface area contributed by atoms with Gasteiger partial charge >= 0.3 is 30.8 Å². The number of carboxylic acid groups (broad SMARTS) is 1. The summed E-state index contributed by atoms with van der Waals surface area (Å²) in [5.74, 6) is -1.92. The summed E-state index contributed by atoms with van der Waals surface area (Å²) >= 11 is 0. The number of hydrogen-bond donors (Lipinski definition) is 1. The van der Waals surface area contributed by atoms with Gasteiger partial charge in [0.15, 0.2) is 6.61 Å². The second kappa shape index (κ2) is 6.19. The molecule has 1 aromatic rings. The number of ether oxygens (including phenoxy) is 1. The first-order chi connectivity index (χ1) is 6.20. The van der Waals surface area contributed by atoms with E-state index in [0.29, 0.717) is 0 Å². The summed E-state index contributed by atoms with van der Waals surface area (Å²) in [6, 6.07) is 4.71. The van der Waals surface area contributed by atoms with Crippen LogP contribution in [0.5, 0.6) is 0 Å². The Morgan fingerprint density at radius 2 is 2.14 bits per heavy atom. The SMILES string of the molecule is O=C(O)COC(=O)c1ccccn1.[LiH]. The number of carbonyl (C=O) groups is 2. The zero-order chi connectivity index (χ0) is 9.68. The molecule has 1 N–H and O–H groups in total. The summed E-state index contributed by atoms with van der Waals surface area (Å²) < 4.78 is 4.39.